The van der Waals surface area contributed by atoms with Gasteiger partial charge in [0, 0.05) is 6.54 Å². The molecule has 1 amide bonds. The van der Waals surface area contributed by atoms with Crippen molar-refractivity contribution in [3.8, 4) is 17.2 Å². The van der Waals surface area contributed by atoms with Crippen LogP contribution in [0.4, 0.5) is 0 Å². The lowest BCUT2D eigenvalue weighted by molar-refractivity contribution is 0.0948. The van der Waals surface area contributed by atoms with Gasteiger partial charge in [-0.2, -0.15) is 4.98 Å². The molecule has 0 radical (unpaired) electrons. The van der Waals surface area contributed by atoms with Crippen molar-refractivity contribution in [3.05, 3.63) is 70.5 Å². The van der Waals surface area contributed by atoms with Crippen molar-refractivity contribution in [2.45, 2.75) is 6.42 Å². The number of furan rings is 1. The first-order chi connectivity index (χ1) is 12.2. The second kappa shape index (κ2) is 7.48. The number of ether oxygens (including phenoxy) is 1. The predicted molar refractivity (Wildman–Crippen MR) is 91.6 cm³/mol. The van der Waals surface area contributed by atoms with Crippen LogP contribution in [-0.4, -0.2) is 29.5 Å². The van der Waals surface area contributed by atoms with E-state index in [-0.39, 0.29) is 5.69 Å². The summed E-state index contributed by atoms with van der Waals surface area (Å²) in [6.07, 6.45) is 2.12. The lowest BCUT2D eigenvalue weighted by Gasteiger charge is -2.07. The van der Waals surface area contributed by atoms with E-state index >= 15 is 0 Å². The zero-order valence-electron chi connectivity index (χ0n) is 13.6. The summed E-state index contributed by atoms with van der Waals surface area (Å²) in [6, 6.07) is 12.5. The van der Waals surface area contributed by atoms with E-state index in [0.717, 1.165) is 11.3 Å². The average Bonchev–Trinajstić information content (AvgIpc) is 3.16. The molecule has 0 aliphatic carbocycles. The van der Waals surface area contributed by atoms with E-state index in [1.54, 1.807) is 19.2 Å². The molecule has 0 fully saturated rings. The Balaban J connectivity index is 1.66. The van der Waals surface area contributed by atoms with Crippen molar-refractivity contribution in [2.24, 2.45) is 0 Å². The Kier molecular flexibility index (Phi) is 4.94. The minimum Gasteiger partial charge on any atom is -0.497 e. The van der Waals surface area contributed by atoms with Gasteiger partial charge in [-0.1, -0.05) is 12.1 Å². The third-order valence-corrected chi connectivity index (χ3v) is 3.60. The van der Waals surface area contributed by atoms with Gasteiger partial charge in [0.25, 0.3) is 5.91 Å². The van der Waals surface area contributed by atoms with Gasteiger partial charge < -0.3 is 19.5 Å². The van der Waals surface area contributed by atoms with Crippen molar-refractivity contribution < 1.29 is 13.9 Å². The third-order valence-electron chi connectivity index (χ3n) is 3.60. The normalized spacial score (nSPS) is 10.4. The van der Waals surface area contributed by atoms with Gasteiger partial charge >= 0.3 is 5.69 Å². The number of nitrogens with one attached hydrogen (secondary N) is 2. The highest BCUT2D eigenvalue weighted by Crippen LogP contribution is 2.16. The van der Waals surface area contributed by atoms with Crippen LogP contribution in [0.5, 0.6) is 5.75 Å². The Hall–Kier alpha value is -3.35. The molecular formula is C18H17N3O4. The Morgan fingerprint density at radius 3 is 2.92 bits per heavy atom. The highest BCUT2D eigenvalue weighted by atomic mass is 16.5. The molecule has 3 aromatic rings. The molecule has 0 saturated heterocycles. The number of nitrogens with zero attached hydrogens (tertiary/aromatic N) is 1. The Bertz CT molecular complexity index is 916. The lowest BCUT2D eigenvalue weighted by atomic mass is 10.1. The number of H-pyrrole nitrogens is 1. The molecule has 7 heteroatoms. The molecule has 1 aromatic carbocycles. The summed E-state index contributed by atoms with van der Waals surface area (Å²) in [5, 5.41) is 2.76. The van der Waals surface area contributed by atoms with Crippen molar-refractivity contribution in [1.29, 1.82) is 0 Å². The molecule has 2 aromatic heterocycles. The standard InChI is InChI=1S/C18H17N3O4/c1-24-13-5-2-4-12(10-13)7-8-19-17(22)15-11-14(20-18(23)21-15)16-6-3-9-25-16/h2-6,9-11H,7-8H2,1H3,(H,19,22)(H,20,21,23). The van der Waals surface area contributed by atoms with Crippen molar-refractivity contribution >= 4 is 5.91 Å². The number of amides is 1. The third kappa shape index (κ3) is 4.14. The van der Waals surface area contributed by atoms with Crippen LogP contribution < -0.4 is 15.7 Å². The summed E-state index contributed by atoms with van der Waals surface area (Å²) in [7, 11) is 1.61. The maximum absolute atomic E-state index is 12.3. The van der Waals surface area contributed by atoms with Crippen LogP contribution in [0.3, 0.4) is 0 Å². The summed E-state index contributed by atoms with van der Waals surface area (Å²) >= 11 is 0. The smallest absolute Gasteiger partial charge is 0.346 e. The zero-order valence-corrected chi connectivity index (χ0v) is 13.6. The van der Waals surface area contributed by atoms with Crippen LogP contribution in [0.15, 0.2) is 57.9 Å². The number of hydrogen-bond acceptors (Lipinski definition) is 5. The Labute approximate surface area is 143 Å². The monoisotopic (exact) mass is 339 g/mol. The minimum absolute atomic E-state index is 0.0424. The molecule has 2 N–H and O–H groups in total. The summed E-state index contributed by atoms with van der Waals surface area (Å²) in [4.78, 5) is 30.2. The zero-order chi connectivity index (χ0) is 17.6. The van der Waals surface area contributed by atoms with E-state index in [1.807, 2.05) is 24.3 Å². The molecule has 0 unspecified atom stereocenters. The largest absolute Gasteiger partial charge is 0.497 e. The van der Waals surface area contributed by atoms with Gasteiger partial charge in [-0.3, -0.25) is 4.79 Å². The van der Waals surface area contributed by atoms with Gasteiger partial charge in [-0.05, 0) is 42.3 Å². The van der Waals surface area contributed by atoms with Crippen LogP contribution in [0.25, 0.3) is 11.5 Å². The Morgan fingerprint density at radius 1 is 1.28 bits per heavy atom. The SMILES string of the molecule is COc1cccc(CCNC(=O)c2cc(-c3ccco3)[nH]c(=O)n2)c1. The average molecular weight is 339 g/mol. The highest BCUT2D eigenvalue weighted by molar-refractivity contribution is 5.92. The summed E-state index contributed by atoms with van der Waals surface area (Å²) in [5.74, 6) is 0.815. The maximum atomic E-state index is 12.3. The molecule has 0 aliphatic rings. The van der Waals surface area contributed by atoms with Crippen molar-refractivity contribution in [2.75, 3.05) is 13.7 Å². The fourth-order valence-corrected chi connectivity index (χ4v) is 2.38. The number of aromatic nitrogens is 2. The number of carbonyl (C=O) groups is 1. The molecule has 128 valence electrons. The Morgan fingerprint density at radius 2 is 2.16 bits per heavy atom. The van der Waals surface area contributed by atoms with Gasteiger partial charge in [0.05, 0.1) is 19.1 Å². The van der Waals surface area contributed by atoms with Gasteiger partial charge in [0.1, 0.15) is 17.2 Å². The summed E-state index contributed by atoms with van der Waals surface area (Å²) in [5.41, 5.74) is 0.880. The first-order valence-electron chi connectivity index (χ1n) is 7.72. The highest BCUT2D eigenvalue weighted by Gasteiger charge is 2.12. The number of rotatable bonds is 6. The van der Waals surface area contributed by atoms with Crippen LogP contribution in [0.2, 0.25) is 0 Å². The number of carbonyl (C=O) groups excluding carboxylic acids is 1. The minimum atomic E-state index is -0.605. The quantitative estimate of drug-likeness (QED) is 0.716. The van der Waals surface area contributed by atoms with Crippen LogP contribution in [-0.2, 0) is 6.42 Å². The van der Waals surface area contributed by atoms with Gasteiger partial charge in [-0.25, -0.2) is 4.79 Å². The fourth-order valence-electron chi connectivity index (χ4n) is 2.38. The van der Waals surface area contributed by atoms with Crippen molar-refractivity contribution in [1.82, 2.24) is 15.3 Å². The molecule has 0 saturated carbocycles. The molecule has 3 rings (SSSR count). The topological polar surface area (TPSA) is 97.2 Å². The van der Waals surface area contributed by atoms with Gasteiger partial charge in [-0.15, -0.1) is 0 Å². The number of hydrogen-bond donors (Lipinski definition) is 2. The first-order valence-corrected chi connectivity index (χ1v) is 7.72. The second-order valence-electron chi connectivity index (χ2n) is 5.32. The van der Waals surface area contributed by atoms with Crippen molar-refractivity contribution in [3.63, 3.8) is 0 Å². The first kappa shape index (κ1) is 16.5. The van der Waals surface area contributed by atoms with E-state index in [0.29, 0.717) is 24.4 Å². The van der Waals surface area contributed by atoms with E-state index in [4.69, 9.17) is 9.15 Å². The molecule has 0 atom stereocenters. The molecule has 25 heavy (non-hydrogen) atoms. The van der Waals surface area contributed by atoms with Gasteiger partial charge in [0.2, 0.25) is 0 Å². The fraction of sp³-hybridized carbons (Fsp3) is 0.167. The molecule has 2 heterocycles. The lowest BCUT2D eigenvalue weighted by Crippen LogP contribution is -2.29. The second-order valence-corrected chi connectivity index (χ2v) is 5.32. The molecule has 0 spiro atoms. The summed E-state index contributed by atoms with van der Waals surface area (Å²) < 4.78 is 10.4. The van der Waals surface area contributed by atoms with Crippen LogP contribution in [0.1, 0.15) is 16.1 Å². The number of benzene rings is 1. The molecular weight excluding hydrogens is 322 g/mol. The number of aromatic amines is 1. The molecule has 0 aliphatic heterocycles. The van der Waals surface area contributed by atoms with Gasteiger partial charge in [0.15, 0.2) is 0 Å². The van der Waals surface area contributed by atoms with E-state index in [1.165, 1.54) is 12.3 Å². The van der Waals surface area contributed by atoms with Crippen LogP contribution in [0, 0.1) is 0 Å². The predicted octanol–water partition coefficient (Wildman–Crippen LogP) is 2.01. The van der Waals surface area contributed by atoms with Crippen LogP contribution >= 0.6 is 0 Å². The maximum Gasteiger partial charge on any atom is 0.346 e. The number of methoxy groups -OCH3 is 1. The van der Waals surface area contributed by atoms with E-state index in [2.05, 4.69) is 15.3 Å². The molecule has 7 nitrogen and oxygen atoms in total. The van der Waals surface area contributed by atoms with E-state index < -0.39 is 11.6 Å². The van der Waals surface area contributed by atoms with E-state index in [9.17, 15) is 9.59 Å². The molecule has 0 bridgehead atoms. The summed E-state index contributed by atoms with van der Waals surface area (Å²) in [6.45, 7) is 0.413.